The van der Waals surface area contributed by atoms with E-state index in [9.17, 15) is 23.6 Å². The zero-order valence-corrected chi connectivity index (χ0v) is 40.4. The van der Waals surface area contributed by atoms with Crippen LogP contribution in [0.1, 0.15) is 13.8 Å². The molecular formula is C52H50BrFN8O8. The molecule has 16 nitrogen and oxygen atoms in total. The number of nitrogens with one attached hydrogen (secondary N) is 4. The van der Waals surface area contributed by atoms with Gasteiger partial charge in [-0.05, 0) is 90.9 Å². The molecule has 0 bridgehead atoms. The van der Waals surface area contributed by atoms with Crippen molar-refractivity contribution in [2.24, 2.45) is 0 Å². The smallest absolute Gasteiger partial charge is 0.348 e. The molecule has 18 heteroatoms. The van der Waals surface area contributed by atoms with Crippen LogP contribution < -0.4 is 32.6 Å². The molecule has 0 atom stereocenters. The van der Waals surface area contributed by atoms with Crippen LogP contribution in [0.3, 0.4) is 0 Å². The Balaban J connectivity index is 0.000000191. The summed E-state index contributed by atoms with van der Waals surface area (Å²) < 4.78 is 40.3. The second-order valence-electron chi connectivity index (χ2n) is 16.0. The van der Waals surface area contributed by atoms with Crippen LogP contribution in [0.15, 0.2) is 132 Å². The van der Waals surface area contributed by atoms with E-state index in [-0.39, 0.29) is 36.4 Å². The number of nitrogens with zero attached hydrogens (tertiary/aromatic N) is 4. The van der Waals surface area contributed by atoms with E-state index < -0.39 is 5.69 Å². The van der Waals surface area contributed by atoms with Gasteiger partial charge in [0.25, 0.3) is 0 Å². The summed E-state index contributed by atoms with van der Waals surface area (Å²) in [5.74, 6) is -0.574. The Kier molecular flexibility index (Phi) is 15.7. The van der Waals surface area contributed by atoms with Crippen molar-refractivity contribution in [2.75, 3.05) is 64.2 Å². The van der Waals surface area contributed by atoms with Crippen molar-refractivity contribution < 1.29 is 32.3 Å². The molecule has 70 heavy (non-hydrogen) atoms. The highest BCUT2D eigenvalue weighted by molar-refractivity contribution is 9.10. The van der Waals surface area contributed by atoms with Crippen LogP contribution >= 0.6 is 15.9 Å². The number of benzene rings is 5. The Morgan fingerprint density at radius 3 is 1.49 bits per heavy atom. The predicted octanol–water partition coefficient (Wildman–Crippen LogP) is 8.58. The lowest BCUT2D eigenvalue weighted by atomic mass is 10.0. The van der Waals surface area contributed by atoms with Gasteiger partial charge in [-0.2, -0.15) is 9.97 Å². The van der Waals surface area contributed by atoms with Crippen molar-refractivity contribution in [3.8, 4) is 33.6 Å². The Morgan fingerprint density at radius 1 is 0.600 bits per heavy atom. The summed E-state index contributed by atoms with van der Waals surface area (Å²) in [5.41, 5.74) is 7.98. The summed E-state index contributed by atoms with van der Waals surface area (Å²) in [5, 5.41) is 13.2. The third-order valence-electron chi connectivity index (χ3n) is 11.3. The Morgan fingerprint density at radius 2 is 1.03 bits per heavy atom. The number of carbonyl (C=O) groups is 2. The average Bonchev–Trinajstić information content (AvgIpc) is 3.94. The van der Waals surface area contributed by atoms with Crippen LogP contribution in [0, 0.1) is 5.82 Å². The third kappa shape index (κ3) is 10.9. The summed E-state index contributed by atoms with van der Waals surface area (Å²) in [4.78, 5) is 58.8. The van der Waals surface area contributed by atoms with Gasteiger partial charge in [-0.25, -0.2) is 14.0 Å². The topological polar surface area (TPSA) is 197 Å². The van der Waals surface area contributed by atoms with E-state index in [1.165, 1.54) is 12.1 Å². The minimum absolute atomic E-state index is 0.122. The molecule has 0 unspecified atom stereocenters. The minimum atomic E-state index is -0.428. The highest BCUT2D eigenvalue weighted by Crippen LogP contribution is 2.37. The molecule has 2 amide bonds. The molecule has 9 rings (SSSR count). The number of methoxy groups -OCH3 is 2. The number of amides is 2. The van der Waals surface area contributed by atoms with Gasteiger partial charge >= 0.3 is 11.4 Å². The van der Waals surface area contributed by atoms with E-state index in [4.69, 9.17) is 18.3 Å². The molecule has 0 spiro atoms. The standard InChI is InChI=1S/C29H27FN4O4.C23H23BrN4O4/c1-3-31-17-25(35)32-22-11-6-19(7-12-22)26-28-27(34(14-15-37-2)29(36)33-26)23-16-20(8-13-24(23)38-28)18-4-9-21(30)10-5-18;1-3-25-13-19(29)26-16-7-4-14(5-8-16)20-22-21(28(10-11-31-2)23(30)27-20)17-12-15(24)6-9-18(17)32-22/h4-13,16,31H,3,14-15,17H2,1-2H3,(H,32,35);4-9,12,25H,3,10-11,13H2,1-2H3,(H,26,29). The van der Waals surface area contributed by atoms with Crippen LogP contribution in [0.2, 0.25) is 0 Å². The summed E-state index contributed by atoms with van der Waals surface area (Å²) >= 11 is 3.50. The first-order valence-electron chi connectivity index (χ1n) is 22.6. The molecule has 4 aromatic heterocycles. The maximum absolute atomic E-state index is 13.5. The highest BCUT2D eigenvalue weighted by Gasteiger charge is 2.22. The van der Waals surface area contributed by atoms with Crippen LogP contribution in [-0.2, 0) is 32.2 Å². The molecular weight excluding hydrogens is 964 g/mol. The molecule has 0 aliphatic rings. The molecule has 0 aliphatic heterocycles. The van der Waals surface area contributed by atoms with Gasteiger partial charge in [-0.3, -0.25) is 18.7 Å². The molecule has 0 aliphatic carbocycles. The van der Waals surface area contributed by atoms with E-state index in [0.717, 1.165) is 32.9 Å². The zero-order valence-electron chi connectivity index (χ0n) is 38.9. The van der Waals surface area contributed by atoms with Crippen molar-refractivity contribution in [1.29, 1.82) is 0 Å². The van der Waals surface area contributed by atoms with Gasteiger partial charge in [0.1, 0.15) is 39.4 Å². The first-order chi connectivity index (χ1) is 34.0. The van der Waals surface area contributed by atoms with Crippen molar-refractivity contribution in [1.82, 2.24) is 29.7 Å². The van der Waals surface area contributed by atoms with Crippen LogP contribution in [0.5, 0.6) is 0 Å². The van der Waals surface area contributed by atoms with Gasteiger partial charge in [0.15, 0.2) is 11.2 Å². The van der Waals surface area contributed by atoms with Crippen molar-refractivity contribution in [3.05, 3.63) is 140 Å². The molecule has 0 radical (unpaired) electrons. The minimum Gasteiger partial charge on any atom is -0.452 e. The second-order valence-corrected chi connectivity index (χ2v) is 16.9. The highest BCUT2D eigenvalue weighted by atomic mass is 79.9. The second kappa shape index (κ2) is 22.4. The average molecular weight is 1010 g/mol. The first kappa shape index (κ1) is 49.1. The Bertz CT molecular complexity index is 3440. The van der Waals surface area contributed by atoms with Gasteiger partial charge in [0.2, 0.25) is 11.8 Å². The monoisotopic (exact) mass is 1010 g/mol. The van der Waals surface area contributed by atoms with E-state index in [0.29, 0.717) is 100 Å². The van der Waals surface area contributed by atoms with Crippen molar-refractivity contribution >= 4 is 83.3 Å². The van der Waals surface area contributed by atoms with Crippen LogP contribution in [-0.4, -0.2) is 84.5 Å². The number of halogens is 2. The maximum atomic E-state index is 13.5. The number of carbonyl (C=O) groups excluding carboxylic acids is 2. The van der Waals surface area contributed by atoms with Crippen LogP contribution in [0.25, 0.3) is 77.8 Å². The lowest BCUT2D eigenvalue weighted by molar-refractivity contribution is -0.116. The summed E-state index contributed by atoms with van der Waals surface area (Å²) in [6.07, 6.45) is 0. The SMILES string of the molecule is CCNCC(=O)Nc1ccc(-c2nc(=O)n(CCOC)c3c2oc2ccc(-c4ccc(F)cc4)cc23)cc1.CCNCC(=O)Nc1ccc(-c2nc(=O)n(CCOC)c3c2oc2ccc(Br)cc23)cc1. The number of furan rings is 2. The fourth-order valence-corrected chi connectivity index (χ4v) is 8.27. The quantitative estimate of drug-likeness (QED) is 0.0679. The van der Waals surface area contributed by atoms with Crippen molar-refractivity contribution in [3.63, 3.8) is 0 Å². The lowest BCUT2D eigenvalue weighted by Gasteiger charge is -2.10. The van der Waals surface area contributed by atoms with Gasteiger partial charge in [0, 0.05) is 52.0 Å². The van der Waals surface area contributed by atoms with E-state index >= 15 is 0 Å². The van der Waals surface area contributed by atoms with Crippen molar-refractivity contribution in [2.45, 2.75) is 26.9 Å². The predicted molar refractivity (Wildman–Crippen MR) is 274 cm³/mol. The Hall–Kier alpha value is -7.35. The fourth-order valence-electron chi connectivity index (χ4n) is 7.91. The molecule has 360 valence electrons. The normalized spacial score (nSPS) is 11.3. The maximum Gasteiger partial charge on any atom is 0.348 e. The zero-order chi connectivity index (χ0) is 49.3. The number of ether oxygens (including phenoxy) is 2. The third-order valence-corrected chi connectivity index (χ3v) is 11.8. The molecule has 0 saturated carbocycles. The number of aromatic nitrogens is 4. The fraction of sp³-hybridized carbons (Fsp3) is 0.231. The molecule has 4 N–H and O–H groups in total. The summed E-state index contributed by atoms with van der Waals surface area (Å²) in [6, 6.07) is 31.9. The van der Waals surface area contributed by atoms with Gasteiger partial charge in [0.05, 0.1) is 39.4 Å². The number of anilines is 2. The van der Waals surface area contributed by atoms with E-state index in [1.807, 2.05) is 62.4 Å². The lowest BCUT2D eigenvalue weighted by Crippen LogP contribution is -2.27. The van der Waals surface area contributed by atoms with E-state index in [2.05, 4.69) is 47.2 Å². The molecule has 0 fully saturated rings. The largest absolute Gasteiger partial charge is 0.452 e. The number of fused-ring (bicyclic) bond motifs is 6. The molecule has 9 aromatic rings. The summed E-state index contributed by atoms with van der Waals surface area (Å²) in [6.45, 7) is 7.11. The van der Waals surface area contributed by atoms with Gasteiger partial charge < -0.3 is 39.6 Å². The summed E-state index contributed by atoms with van der Waals surface area (Å²) in [7, 11) is 3.16. The molecule has 5 aromatic carbocycles. The number of hydrogen-bond acceptors (Lipinski definition) is 12. The van der Waals surface area contributed by atoms with E-state index in [1.54, 1.807) is 71.9 Å². The van der Waals surface area contributed by atoms with Gasteiger partial charge in [-0.15, -0.1) is 0 Å². The number of likely N-dealkylation sites (N-methyl/N-ethyl adjacent to an activating group) is 2. The molecule has 0 saturated heterocycles. The number of hydrogen-bond donors (Lipinski definition) is 4. The van der Waals surface area contributed by atoms with Gasteiger partial charge in [-0.1, -0.05) is 72.2 Å². The number of rotatable bonds is 17. The Labute approximate surface area is 408 Å². The van der Waals surface area contributed by atoms with Crippen LogP contribution in [0.4, 0.5) is 15.8 Å². The molecule has 4 heterocycles. The first-order valence-corrected chi connectivity index (χ1v) is 23.3.